The minimum atomic E-state index is -0.162. The second kappa shape index (κ2) is 10.5. The highest BCUT2D eigenvalue weighted by molar-refractivity contribution is 5.79. The number of urea groups is 1. The normalized spacial score (nSPS) is 24.7. The van der Waals surface area contributed by atoms with Crippen LogP contribution in [0.1, 0.15) is 55.6 Å². The van der Waals surface area contributed by atoms with E-state index in [9.17, 15) is 9.59 Å². The van der Waals surface area contributed by atoms with Gasteiger partial charge < -0.3 is 20.7 Å². The van der Waals surface area contributed by atoms with Crippen LogP contribution >= 0.6 is 0 Å². The molecular formula is C25H32N4O3. The zero-order chi connectivity index (χ0) is 22.3. The molecule has 2 aliphatic carbocycles. The number of carbonyl (C=O) groups is 2. The number of carbonyl (C=O) groups excluding carboxylic acids is 2. The number of rotatable bonds is 7. The van der Waals surface area contributed by atoms with Crippen molar-refractivity contribution in [3.8, 4) is 5.75 Å². The second-order valence-corrected chi connectivity index (χ2v) is 8.88. The minimum Gasteiger partial charge on any atom is -0.497 e. The van der Waals surface area contributed by atoms with E-state index < -0.39 is 0 Å². The van der Waals surface area contributed by atoms with Crippen LogP contribution < -0.4 is 20.7 Å². The monoisotopic (exact) mass is 436 g/mol. The molecule has 2 saturated carbocycles. The van der Waals surface area contributed by atoms with E-state index in [4.69, 9.17) is 4.74 Å². The van der Waals surface area contributed by atoms with Crippen molar-refractivity contribution in [2.45, 2.75) is 63.1 Å². The zero-order valence-electron chi connectivity index (χ0n) is 18.5. The summed E-state index contributed by atoms with van der Waals surface area (Å²) in [6.07, 6.45) is 8.95. The fraction of sp³-hybridized carbons (Fsp3) is 0.480. The van der Waals surface area contributed by atoms with Crippen LogP contribution in [-0.2, 0) is 11.3 Å². The lowest BCUT2D eigenvalue weighted by atomic mass is 9.75. The fourth-order valence-corrected chi connectivity index (χ4v) is 4.62. The number of hydrogen-bond donors (Lipinski definition) is 3. The van der Waals surface area contributed by atoms with Crippen LogP contribution in [0.4, 0.5) is 4.79 Å². The van der Waals surface area contributed by atoms with E-state index in [1.54, 1.807) is 7.11 Å². The topological polar surface area (TPSA) is 92.4 Å². The molecule has 7 heteroatoms. The molecule has 0 radical (unpaired) electrons. The molecule has 7 nitrogen and oxygen atoms in total. The average Bonchev–Trinajstić information content (AvgIpc) is 2.81. The molecule has 0 spiro atoms. The number of aromatic nitrogens is 1. The maximum Gasteiger partial charge on any atom is 0.315 e. The molecule has 32 heavy (non-hydrogen) atoms. The summed E-state index contributed by atoms with van der Waals surface area (Å²) in [7, 11) is 1.63. The lowest BCUT2D eigenvalue weighted by molar-refractivity contribution is -0.127. The molecule has 0 bridgehead atoms. The Balaban J connectivity index is 1.12. The van der Waals surface area contributed by atoms with Gasteiger partial charge in [-0.2, -0.15) is 0 Å². The van der Waals surface area contributed by atoms with Gasteiger partial charge in [-0.15, -0.1) is 0 Å². The van der Waals surface area contributed by atoms with E-state index >= 15 is 0 Å². The first-order valence-corrected chi connectivity index (χ1v) is 11.5. The quantitative estimate of drug-likeness (QED) is 0.619. The van der Waals surface area contributed by atoms with E-state index in [-0.39, 0.29) is 29.9 Å². The summed E-state index contributed by atoms with van der Waals surface area (Å²) in [5.41, 5.74) is 2.32. The van der Waals surface area contributed by atoms with Gasteiger partial charge in [0, 0.05) is 36.9 Å². The first kappa shape index (κ1) is 22.1. The van der Waals surface area contributed by atoms with E-state index in [1.165, 1.54) is 5.56 Å². The summed E-state index contributed by atoms with van der Waals surface area (Å²) in [5, 5.41) is 9.17. The molecule has 1 aromatic carbocycles. The Morgan fingerprint density at radius 3 is 2.28 bits per heavy atom. The number of nitrogens with one attached hydrogen (secondary N) is 3. The highest BCUT2D eigenvalue weighted by Gasteiger charge is 2.34. The zero-order valence-corrected chi connectivity index (χ0v) is 18.5. The predicted molar refractivity (Wildman–Crippen MR) is 122 cm³/mol. The van der Waals surface area contributed by atoms with Gasteiger partial charge in [-0.25, -0.2) is 4.79 Å². The van der Waals surface area contributed by atoms with Crippen LogP contribution in [0.5, 0.6) is 5.75 Å². The Kier molecular flexibility index (Phi) is 7.24. The maximum atomic E-state index is 12.6. The number of ether oxygens (including phenoxy) is 1. The summed E-state index contributed by atoms with van der Waals surface area (Å²) in [5.74, 6) is 1.55. The molecule has 1 heterocycles. The molecule has 4 rings (SSSR count). The van der Waals surface area contributed by atoms with Gasteiger partial charge in [0.15, 0.2) is 0 Å². The Morgan fingerprint density at radius 2 is 1.62 bits per heavy atom. The molecule has 170 valence electrons. The van der Waals surface area contributed by atoms with Crippen molar-refractivity contribution < 1.29 is 14.3 Å². The summed E-state index contributed by atoms with van der Waals surface area (Å²) in [6.45, 7) is 0.468. The molecule has 2 fully saturated rings. The van der Waals surface area contributed by atoms with Crippen molar-refractivity contribution in [2.24, 2.45) is 5.92 Å². The molecule has 0 saturated heterocycles. The van der Waals surface area contributed by atoms with Crippen molar-refractivity contribution >= 4 is 11.9 Å². The summed E-state index contributed by atoms with van der Waals surface area (Å²) in [6, 6.07) is 12.0. The Hall–Kier alpha value is -3.09. The predicted octanol–water partition coefficient (Wildman–Crippen LogP) is 3.51. The fourth-order valence-electron chi connectivity index (χ4n) is 4.62. The Morgan fingerprint density at radius 1 is 0.938 bits per heavy atom. The third kappa shape index (κ3) is 5.78. The maximum absolute atomic E-state index is 12.6. The molecule has 3 N–H and O–H groups in total. The van der Waals surface area contributed by atoms with E-state index in [0.29, 0.717) is 12.5 Å². The van der Waals surface area contributed by atoms with Crippen molar-refractivity contribution in [3.63, 3.8) is 0 Å². The molecule has 3 amide bonds. The van der Waals surface area contributed by atoms with Gasteiger partial charge in [-0.1, -0.05) is 12.1 Å². The number of nitrogens with zero attached hydrogens (tertiary/aromatic N) is 1. The third-order valence-corrected chi connectivity index (χ3v) is 6.71. The minimum absolute atomic E-state index is 0.0513. The highest BCUT2D eigenvalue weighted by atomic mass is 16.5. The second-order valence-electron chi connectivity index (χ2n) is 8.88. The molecular weight excluding hydrogens is 404 g/mol. The van der Waals surface area contributed by atoms with Crippen molar-refractivity contribution in [1.29, 1.82) is 0 Å². The van der Waals surface area contributed by atoms with Crippen molar-refractivity contribution in [1.82, 2.24) is 20.9 Å². The van der Waals surface area contributed by atoms with Crippen LogP contribution in [0.15, 0.2) is 48.8 Å². The van der Waals surface area contributed by atoms with Gasteiger partial charge in [-0.05, 0) is 79.8 Å². The van der Waals surface area contributed by atoms with Gasteiger partial charge in [0.05, 0.1) is 7.11 Å². The van der Waals surface area contributed by atoms with E-state index in [0.717, 1.165) is 49.8 Å². The van der Waals surface area contributed by atoms with Gasteiger partial charge in [-0.3, -0.25) is 9.78 Å². The van der Waals surface area contributed by atoms with Crippen LogP contribution in [0.3, 0.4) is 0 Å². The van der Waals surface area contributed by atoms with Crippen LogP contribution in [0, 0.1) is 5.92 Å². The molecule has 0 aliphatic heterocycles. The average molecular weight is 437 g/mol. The third-order valence-electron chi connectivity index (χ3n) is 6.71. The molecule has 0 atom stereocenters. The molecule has 2 aromatic rings. The smallest absolute Gasteiger partial charge is 0.315 e. The number of amides is 3. The SMILES string of the molecule is COc1ccc(CNC(=O)NC2CCC(C(=O)NC3CC(c4ccncc4)C3)CC2)cc1. The molecule has 0 unspecified atom stereocenters. The number of benzene rings is 1. The van der Waals surface area contributed by atoms with E-state index in [2.05, 4.69) is 33.1 Å². The van der Waals surface area contributed by atoms with Crippen molar-refractivity contribution in [2.75, 3.05) is 7.11 Å². The van der Waals surface area contributed by atoms with Crippen LogP contribution in [-0.4, -0.2) is 36.1 Å². The standard InChI is InChI=1S/C25H32N4O3/c1-32-23-8-2-17(3-9-23)16-27-25(31)29-21-6-4-19(5-7-21)24(30)28-22-14-20(15-22)18-10-12-26-13-11-18/h2-3,8-13,19-22H,4-7,14-16H2,1H3,(H,28,30)(H2,27,29,31). The lowest BCUT2D eigenvalue weighted by Gasteiger charge is -2.37. The lowest BCUT2D eigenvalue weighted by Crippen LogP contribution is -2.48. The first-order chi connectivity index (χ1) is 15.6. The summed E-state index contributed by atoms with van der Waals surface area (Å²) < 4.78 is 5.14. The van der Waals surface area contributed by atoms with Gasteiger partial charge in [0.1, 0.15) is 5.75 Å². The summed E-state index contributed by atoms with van der Waals surface area (Å²) in [4.78, 5) is 28.9. The molecule has 2 aliphatic rings. The molecule has 1 aromatic heterocycles. The number of methoxy groups -OCH3 is 1. The van der Waals surface area contributed by atoms with Gasteiger partial charge in [0.2, 0.25) is 5.91 Å². The summed E-state index contributed by atoms with van der Waals surface area (Å²) >= 11 is 0. The van der Waals surface area contributed by atoms with E-state index in [1.807, 2.05) is 36.7 Å². The highest BCUT2D eigenvalue weighted by Crippen LogP contribution is 2.37. The Labute approximate surface area is 189 Å². The Bertz CT molecular complexity index is 889. The van der Waals surface area contributed by atoms with Crippen molar-refractivity contribution in [3.05, 3.63) is 59.9 Å². The first-order valence-electron chi connectivity index (χ1n) is 11.5. The van der Waals surface area contributed by atoms with Crippen LogP contribution in [0.25, 0.3) is 0 Å². The number of pyridine rings is 1. The van der Waals surface area contributed by atoms with Crippen LogP contribution in [0.2, 0.25) is 0 Å². The largest absolute Gasteiger partial charge is 0.497 e. The van der Waals surface area contributed by atoms with Gasteiger partial charge in [0.25, 0.3) is 0 Å². The number of hydrogen-bond acceptors (Lipinski definition) is 4. The van der Waals surface area contributed by atoms with Gasteiger partial charge >= 0.3 is 6.03 Å².